The van der Waals surface area contributed by atoms with Crippen LogP contribution < -0.4 is 10.1 Å². The summed E-state index contributed by atoms with van der Waals surface area (Å²) in [6, 6.07) is 13.5. The predicted molar refractivity (Wildman–Crippen MR) is 113 cm³/mol. The van der Waals surface area contributed by atoms with Gasteiger partial charge in [0.2, 0.25) is 0 Å². The molecule has 1 heterocycles. The van der Waals surface area contributed by atoms with Gasteiger partial charge >= 0.3 is 5.97 Å². The van der Waals surface area contributed by atoms with Crippen LogP contribution >= 0.6 is 23.2 Å². The number of rotatable bonds is 6. The Morgan fingerprint density at radius 3 is 2.67 bits per heavy atom. The van der Waals surface area contributed by atoms with E-state index in [1.54, 1.807) is 43.3 Å². The summed E-state index contributed by atoms with van der Waals surface area (Å²) >= 11 is 12.4. The number of aryl methyl sites for hydroxylation is 1. The number of fused-ring (bicyclic) bond motifs is 1. The van der Waals surface area contributed by atoms with E-state index in [4.69, 9.17) is 37.9 Å². The van der Waals surface area contributed by atoms with Crippen molar-refractivity contribution in [2.24, 2.45) is 0 Å². The van der Waals surface area contributed by atoms with Gasteiger partial charge in [-0.25, -0.2) is 9.78 Å². The minimum Gasteiger partial charge on any atom is -0.478 e. The van der Waals surface area contributed by atoms with Crippen molar-refractivity contribution in [2.45, 2.75) is 6.92 Å². The fourth-order valence-corrected chi connectivity index (χ4v) is 3.19. The lowest BCUT2D eigenvalue weighted by molar-refractivity contribution is -0.149. The van der Waals surface area contributed by atoms with Gasteiger partial charge in [0.25, 0.3) is 5.91 Å². The maximum atomic E-state index is 12.0. The third-order valence-electron chi connectivity index (χ3n) is 4.00. The van der Waals surface area contributed by atoms with Gasteiger partial charge in [0.05, 0.1) is 21.3 Å². The highest BCUT2D eigenvalue weighted by Gasteiger charge is 2.16. The smallest absolute Gasteiger partial charge is 0.344 e. The molecule has 0 saturated heterocycles. The molecule has 9 heteroatoms. The third kappa shape index (κ3) is 4.98. The molecule has 7 nitrogen and oxygen atoms in total. The molecule has 0 bridgehead atoms. The van der Waals surface area contributed by atoms with E-state index in [-0.39, 0.29) is 10.8 Å². The summed E-state index contributed by atoms with van der Waals surface area (Å²) < 4.78 is 10.4. The molecule has 0 radical (unpaired) electrons. The first-order valence-electron chi connectivity index (χ1n) is 8.72. The molecular weight excluding hydrogens is 429 g/mol. The molecular formula is C21H15Cl2N3O4. The van der Waals surface area contributed by atoms with Crippen LogP contribution in [0.4, 0.5) is 5.69 Å². The molecule has 3 rings (SSSR count). The molecule has 1 N–H and O–H groups in total. The second kappa shape index (κ2) is 9.44. The number of carbonyl (C=O) groups is 2. The summed E-state index contributed by atoms with van der Waals surface area (Å²) in [5, 5.41) is 12.8. The molecule has 30 heavy (non-hydrogen) atoms. The number of nitrogens with zero attached hydrogens (tertiary/aromatic N) is 2. The van der Waals surface area contributed by atoms with Crippen molar-refractivity contribution in [1.29, 1.82) is 5.26 Å². The second-order valence-electron chi connectivity index (χ2n) is 6.17. The topological polar surface area (TPSA) is 101 Å². The minimum absolute atomic E-state index is 0.198. The Kier molecular flexibility index (Phi) is 6.72. The SMILES string of the molecule is Cc1ccc2c(Cl)cc(Cl)c(OCC(=O)OCC(=O)Nc3ccccc3C#N)c2n1. The molecule has 0 fully saturated rings. The van der Waals surface area contributed by atoms with Gasteiger partial charge in [-0.3, -0.25) is 4.79 Å². The molecule has 3 aromatic rings. The molecule has 1 aromatic heterocycles. The number of aromatic nitrogens is 1. The van der Waals surface area contributed by atoms with Gasteiger partial charge in [-0.2, -0.15) is 5.26 Å². The summed E-state index contributed by atoms with van der Waals surface area (Å²) in [6.45, 7) is 0.790. The molecule has 152 valence electrons. The summed E-state index contributed by atoms with van der Waals surface area (Å²) in [5.74, 6) is -1.16. The van der Waals surface area contributed by atoms with Crippen LogP contribution in [0.15, 0.2) is 42.5 Å². The van der Waals surface area contributed by atoms with E-state index >= 15 is 0 Å². The first kappa shape index (κ1) is 21.4. The number of pyridine rings is 1. The van der Waals surface area contributed by atoms with Crippen molar-refractivity contribution in [3.8, 4) is 11.8 Å². The van der Waals surface area contributed by atoms with Crippen LogP contribution in [0.2, 0.25) is 10.0 Å². The van der Waals surface area contributed by atoms with Crippen LogP contribution in [0.1, 0.15) is 11.3 Å². The maximum Gasteiger partial charge on any atom is 0.344 e. The maximum absolute atomic E-state index is 12.0. The number of hydrogen-bond donors (Lipinski definition) is 1. The lowest BCUT2D eigenvalue weighted by Gasteiger charge is -2.12. The predicted octanol–water partition coefficient (Wildman–Crippen LogP) is 4.28. The molecule has 0 atom stereocenters. The Balaban J connectivity index is 1.61. The zero-order chi connectivity index (χ0) is 21.7. The Hall–Kier alpha value is -3.34. The number of anilines is 1. The number of ether oxygens (including phenoxy) is 2. The molecule has 0 aliphatic heterocycles. The summed E-state index contributed by atoms with van der Waals surface area (Å²) in [4.78, 5) is 28.4. The van der Waals surface area contributed by atoms with E-state index in [9.17, 15) is 9.59 Å². The van der Waals surface area contributed by atoms with E-state index in [0.717, 1.165) is 5.69 Å². The molecule has 0 aliphatic rings. The highest BCUT2D eigenvalue weighted by atomic mass is 35.5. The van der Waals surface area contributed by atoms with Crippen LogP contribution in [0.5, 0.6) is 5.75 Å². The monoisotopic (exact) mass is 443 g/mol. The second-order valence-corrected chi connectivity index (χ2v) is 6.99. The van der Waals surface area contributed by atoms with Crippen molar-refractivity contribution < 1.29 is 19.1 Å². The van der Waals surface area contributed by atoms with Gasteiger partial charge in [0, 0.05) is 11.1 Å². The number of carbonyl (C=O) groups excluding carboxylic acids is 2. The number of benzene rings is 2. The number of halogens is 2. The largest absolute Gasteiger partial charge is 0.478 e. The van der Waals surface area contributed by atoms with Crippen LogP contribution in [0.25, 0.3) is 10.9 Å². The van der Waals surface area contributed by atoms with E-state index in [2.05, 4.69) is 10.3 Å². The van der Waals surface area contributed by atoms with Crippen LogP contribution in [-0.2, 0) is 14.3 Å². The fraction of sp³-hybridized carbons (Fsp3) is 0.143. The van der Waals surface area contributed by atoms with E-state index in [0.29, 0.717) is 27.2 Å². The summed E-state index contributed by atoms with van der Waals surface area (Å²) in [5.41, 5.74) is 1.78. The van der Waals surface area contributed by atoms with Gasteiger partial charge in [-0.1, -0.05) is 35.3 Å². The highest BCUT2D eigenvalue weighted by molar-refractivity contribution is 6.39. The normalized spacial score (nSPS) is 10.3. The van der Waals surface area contributed by atoms with Gasteiger partial charge < -0.3 is 14.8 Å². The van der Waals surface area contributed by atoms with Gasteiger partial charge in [0.1, 0.15) is 11.6 Å². The Labute approximate surface area is 182 Å². The van der Waals surface area contributed by atoms with Gasteiger partial charge in [-0.15, -0.1) is 0 Å². The van der Waals surface area contributed by atoms with Crippen molar-refractivity contribution in [2.75, 3.05) is 18.5 Å². The Bertz CT molecular complexity index is 1170. The molecule has 0 unspecified atom stereocenters. The molecule has 0 aliphatic carbocycles. The Morgan fingerprint density at radius 1 is 1.13 bits per heavy atom. The van der Waals surface area contributed by atoms with Crippen molar-refractivity contribution in [3.63, 3.8) is 0 Å². The number of para-hydroxylation sites is 1. The zero-order valence-electron chi connectivity index (χ0n) is 15.7. The van der Waals surface area contributed by atoms with Crippen molar-refractivity contribution >= 4 is 51.7 Å². The number of nitrogens with one attached hydrogen (secondary N) is 1. The standard InChI is InChI=1S/C21H15Cl2N3O4/c1-12-6-7-14-15(22)8-16(23)21(20(14)25-12)30-11-19(28)29-10-18(27)26-17-5-3-2-4-13(17)9-24/h2-8H,10-11H2,1H3,(H,26,27). The van der Waals surface area contributed by atoms with Crippen LogP contribution in [-0.4, -0.2) is 30.1 Å². The minimum atomic E-state index is -0.773. The molecule has 0 saturated carbocycles. The number of amides is 1. The average molecular weight is 444 g/mol. The quantitative estimate of drug-likeness (QED) is 0.570. The fourth-order valence-electron chi connectivity index (χ4n) is 2.62. The molecule has 0 spiro atoms. The first-order valence-corrected chi connectivity index (χ1v) is 9.47. The Morgan fingerprint density at radius 2 is 1.90 bits per heavy atom. The molecule has 2 aromatic carbocycles. The zero-order valence-corrected chi connectivity index (χ0v) is 17.3. The van der Waals surface area contributed by atoms with Gasteiger partial charge in [-0.05, 0) is 37.3 Å². The third-order valence-corrected chi connectivity index (χ3v) is 4.59. The van der Waals surface area contributed by atoms with Crippen molar-refractivity contribution in [1.82, 2.24) is 4.98 Å². The lowest BCUT2D eigenvalue weighted by Crippen LogP contribution is -2.24. The lowest BCUT2D eigenvalue weighted by atomic mass is 10.2. The van der Waals surface area contributed by atoms with E-state index in [1.807, 2.05) is 6.07 Å². The number of nitriles is 1. The summed E-state index contributed by atoms with van der Waals surface area (Å²) in [7, 11) is 0. The molecule has 1 amide bonds. The van der Waals surface area contributed by atoms with Gasteiger partial charge in [0.15, 0.2) is 19.0 Å². The first-order chi connectivity index (χ1) is 14.4. The van der Waals surface area contributed by atoms with Crippen LogP contribution in [0.3, 0.4) is 0 Å². The highest BCUT2D eigenvalue weighted by Crippen LogP contribution is 2.37. The summed E-state index contributed by atoms with van der Waals surface area (Å²) in [6.07, 6.45) is 0. The number of hydrogen-bond acceptors (Lipinski definition) is 6. The average Bonchev–Trinajstić information content (AvgIpc) is 2.72. The number of esters is 1. The van der Waals surface area contributed by atoms with E-state index < -0.39 is 25.1 Å². The van der Waals surface area contributed by atoms with Crippen LogP contribution in [0, 0.1) is 18.3 Å². The van der Waals surface area contributed by atoms with E-state index in [1.165, 1.54) is 6.07 Å². The van der Waals surface area contributed by atoms with Crippen molar-refractivity contribution in [3.05, 3.63) is 63.8 Å².